The molecule has 0 spiro atoms. The normalized spacial score (nSPS) is 30.2. The Labute approximate surface area is 114 Å². The van der Waals surface area contributed by atoms with E-state index in [9.17, 15) is 9.90 Å². The molecule has 1 aliphatic heterocycles. The van der Waals surface area contributed by atoms with Crippen LogP contribution in [0.15, 0.2) is 24.3 Å². The van der Waals surface area contributed by atoms with Crippen LogP contribution in [-0.4, -0.2) is 23.2 Å². The van der Waals surface area contributed by atoms with E-state index in [0.717, 1.165) is 24.4 Å². The maximum atomic E-state index is 11.5. The standard InChI is InChI=1S/C16H21NO2/c1-11-6-8-13(9-7-11)17-14-5-3-2-4-12(14)10-15(17)16(18)19/h2-5,11,13,15H,6-10H2,1H3,(H,18,19). The van der Waals surface area contributed by atoms with Gasteiger partial charge in [-0.2, -0.15) is 0 Å². The summed E-state index contributed by atoms with van der Waals surface area (Å²) in [5.74, 6) is 0.104. The molecule has 102 valence electrons. The quantitative estimate of drug-likeness (QED) is 0.887. The number of anilines is 1. The van der Waals surface area contributed by atoms with Gasteiger partial charge >= 0.3 is 5.97 Å². The Balaban J connectivity index is 1.89. The van der Waals surface area contributed by atoms with Gasteiger partial charge < -0.3 is 10.0 Å². The van der Waals surface area contributed by atoms with Crippen molar-refractivity contribution in [2.45, 2.75) is 51.1 Å². The summed E-state index contributed by atoms with van der Waals surface area (Å²) in [5, 5.41) is 9.50. The Morgan fingerprint density at radius 3 is 2.58 bits per heavy atom. The van der Waals surface area contributed by atoms with Crippen LogP contribution in [0.4, 0.5) is 5.69 Å². The number of hydrogen-bond acceptors (Lipinski definition) is 2. The average molecular weight is 259 g/mol. The highest BCUT2D eigenvalue weighted by Gasteiger charge is 2.39. The van der Waals surface area contributed by atoms with Gasteiger partial charge in [0.15, 0.2) is 0 Å². The minimum Gasteiger partial charge on any atom is -0.480 e. The lowest BCUT2D eigenvalue weighted by Crippen LogP contribution is -2.46. The molecule has 1 aliphatic carbocycles. The minimum absolute atomic E-state index is 0.365. The number of aliphatic carboxylic acids is 1. The van der Waals surface area contributed by atoms with Crippen molar-refractivity contribution in [1.82, 2.24) is 0 Å². The van der Waals surface area contributed by atoms with Crippen LogP contribution in [0.1, 0.15) is 38.2 Å². The second-order valence-electron chi connectivity index (χ2n) is 6.01. The predicted molar refractivity (Wildman–Crippen MR) is 75.5 cm³/mol. The van der Waals surface area contributed by atoms with Gasteiger partial charge in [0.1, 0.15) is 6.04 Å². The summed E-state index contributed by atoms with van der Waals surface area (Å²) >= 11 is 0. The molecule has 1 aromatic rings. The van der Waals surface area contributed by atoms with Crippen molar-refractivity contribution in [2.24, 2.45) is 5.92 Å². The highest BCUT2D eigenvalue weighted by Crippen LogP contribution is 2.38. The number of carboxylic acids is 1. The van der Waals surface area contributed by atoms with Crippen molar-refractivity contribution in [3.05, 3.63) is 29.8 Å². The molecule has 3 nitrogen and oxygen atoms in total. The monoisotopic (exact) mass is 259 g/mol. The first-order valence-electron chi connectivity index (χ1n) is 7.26. The van der Waals surface area contributed by atoms with E-state index in [1.807, 2.05) is 12.1 Å². The third kappa shape index (κ3) is 2.22. The summed E-state index contributed by atoms with van der Waals surface area (Å²) in [6.07, 6.45) is 5.33. The molecule has 0 bridgehead atoms. The molecule has 1 saturated carbocycles. The molecule has 1 fully saturated rings. The summed E-state index contributed by atoms with van der Waals surface area (Å²) in [7, 11) is 0. The van der Waals surface area contributed by atoms with Crippen LogP contribution in [-0.2, 0) is 11.2 Å². The van der Waals surface area contributed by atoms with Crippen molar-refractivity contribution in [1.29, 1.82) is 0 Å². The van der Waals surface area contributed by atoms with Gasteiger partial charge in [0.05, 0.1) is 0 Å². The second kappa shape index (κ2) is 4.87. The fraction of sp³-hybridized carbons (Fsp3) is 0.562. The third-order valence-electron chi connectivity index (χ3n) is 4.68. The molecule has 0 aromatic heterocycles. The Bertz CT molecular complexity index is 477. The van der Waals surface area contributed by atoms with Crippen molar-refractivity contribution in [3.63, 3.8) is 0 Å². The molecule has 1 aromatic carbocycles. The molecule has 1 N–H and O–H groups in total. The average Bonchev–Trinajstić information content (AvgIpc) is 2.79. The number of benzene rings is 1. The second-order valence-corrected chi connectivity index (χ2v) is 6.01. The van der Waals surface area contributed by atoms with Crippen LogP contribution in [0, 0.1) is 5.92 Å². The number of hydrogen-bond donors (Lipinski definition) is 1. The van der Waals surface area contributed by atoms with Gasteiger partial charge in [-0.05, 0) is 43.2 Å². The first-order valence-corrected chi connectivity index (χ1v) is 7.26. The fourth-order valence-electron chi connectivity index (χ4n) is 3.59. The molecular formula is C16H21NO2. The van der Waals surface area contributed by atoms with Crippen LogP contribution in [0.3, 0.4) is 0 Å². The lowest BCUT2D eigenvalue weighted by atomic mass is 9.86. The molecular weight excluding hydrogens is 238 g/mol. The maximum absolute atomic E-state index is 11.5. The number of para-hydroxylation sites is 1. The van der Waals surface area contributed by atoms with Crippen molar-refractivity contribution in [2.75, 3.05) is 4.90 Å². The van der Waals surface area contributed by atoms with E-state index in [4.69, 9.17) is 0 Å². The molecule has 1 atom stereocenters. The van der Waals surface area contributed by atoms with Crippen LogP contribution >= 0.6 is 0 Å². The predicted octanol–water partition coefficient (Wildman–Crippen LogP) is 3.08. The van der Waals surface area contributed by atoms with Crippen LogP contribution in [0.2, 0.25) is 0 Å². The largest absolute Gasteiger partial charge is 0.480 e. The molecule has 0 amide bonds. The smallest absolute Gasteiger partial charge is 0.326 e. The molecule has 0 saturated heterocycles. The first kappa shape index (κ1) is 12.5. The zero-order chi connectivity index (χ0) is 13.4. The lowest BCUT2D eigenvalue weighted by molar-refractivity contribution is -0.138. The highest BCUT2D eigenvalue weighted by molar-refractivity contribution is 5.82. The number of fused-ring (bicyclic) bond motifs is 1. The van der Waals surface area contributed by atoms with Crippen molar-refractivity contribution >= 4 is 11.7 Å². The zero-order valence-corrected chi connectivity index (χ0v) is 11.4. The van der Waals surface area contributed by atoms with Crippen LogP contribution in [0.5, 0.6) is 0 Å². The van der Waals surface area contributed by atoms with Gasteiger partial charge in [0, 0.05) is 18.2 Å². The maximum Gasteiger partial charge on any atom is 0.326 e. The number of nitrogens with zero attached hydrogens (tertiary/aromatic N) is 1. The molecule has 19 heavy (non-hydrogen) atoms. The topological polar surface area (TPSA) is 40.5 Å². The number of rotatable bonds is 2. The van der Waals surface area contributed by atoms with E-state index >= 15 is 0 Å². The zero-order valence-electron chi connectivity index (χ0n) is 11.4. The van der Waals surface area contributed by atoms with Crippen molar-refractivity contribution in [3.8, 4) is 0 Å². The van der Waals surface area contributed by atoms with Gasteiger partial charge in [-0.1, -0.05) is 25.1 Å². The minimum atomic E-state index is -0.685. The van der Waals surface area contributed by atoms with E-state index in [1.165, 1.54) is 18.4 Å². The third-order valence-corrected chi connectivity index (χ3v) is 4.68. The summed E-state index contributed by atoms with van der Waals surface area (Å²) in [5.41, 5.74) is 2.34. The Hall–Kier alpha value is -1.51. The van der Waals surface area contributed by atoms with E-state index in [1.54, 1.807) is 0 Å². The molecule has 3 heteroatoms. The van der Waals surface area contributed by atoms with E-state index in [-0.39, 0.29) is 6.04 Å². The van der Waals surface area contributed by atoms with Crippen LogP contribution in [0.25, 0.3) is 0 Å². The molecule has 2 aliphatic rings. The number of carboxylic acid groups (broad SMARTS) is 1. The van der Waals surface area contributed by atoms with Crippen molar-refractivity contribution < 1.29 is 9.90 Å². The van der Waals surface area contributed by atoms with E-state index < -0.39 is 5.97 Å². The van der Waals surface area contributed by atoms with Gasteiger partial charge in [0.2, 0.25) is 0 Å². The summed E-state index contributed by atoms with van der Waals surface area (Å²) in [4.78, 5) is 13.7. The molecule has 1 heterocycles. The fourth-order valence-corrected chi connectivity index (χ4v) is 3.59. The Kier molecular flexibility index (Phi) is 3.21. The first-order chi connectivity index (χ1) is 9.16. The van der Waals surface area contributed by atoms with Gasteiger partial charge in [0.25, 0.3) is 0 Å². The summed E-state index contributed by atoms with van der Waals surface area (Å²) in [6, 6.07) is 8.20. The van der Waals surface area contributed by atoms with E-state index in [2.05, 4.69) is 24.0 Å². The molecule has 3 rings (SSSR count). The SMILES string of the molecule is CC1CCC(N2c3ccccc3CC2C(=O)O)CC1. The van der Waals surface area contributed by atoms with Crippen LogP contribution < -0.4 is 4.90 Å². The highest BCUT2D eigenvalue weighted by atomic mass is 16.4. The summed E-state index contributed by atoms with van der Waals surface area (Å²) in [6.45, 7) is 2.29. The Morgan fingerprint density at radius 1 is 1.21 bits per heavy atom. The summed E-state index contributed by atoms with van der Waals surface area (Å²) < 4.78 is 0. The van der Waals surface area contributed by atoms with E-state index in [0.29, 0.717) is 12.5 Å². The van der Waals surface area contributed by atoms with Gasteiger partial charge in [-0.15, -0.1) is 0 Å². The number of carbonyl (C=O) groups is 1. The molecule has 0 radical (unpaired) electrons. The van der Waals surface area contributed by atoms with Gasteiger partial charge in [-0.3, -0.25) is 0 Å². The molecule has 1 unspecified atom stereocenters. The lowest BCUT2D eigenvalue weighted by Gasteiger charge is -2.37. The van der Waals surface area contributed by atoms with Gasteiger partial charge in [-0.25, -0.2) is 4.79 Å². The Morgan fingerprint density at radius 2 is 1.89 bits per heavy atom.